The molecule has 11 rings (SSSR count). The summed E-state index contributed by atoms with van der Waals surface area (Å²) in [4.78, 5) is 19.3. The van der Waals surface area contributed by atoms with Crippen LogP contribution in [-0.2, 0) is 0 Å². The number of rotatable bonds is 8. The number of para-hydroxylation sites is 1. The standard InChI is InChI=1S/C58H37N5/c1-59-48-34-35-54-52(38-48)49-24-14-15-25-53(49)63(54)55-50(43-30-26-41(27-31-43)39-16-6-2-7-17-39)36-47(37-51(55)44-32-28-42(29-33-44)40-18-8-3-9-19-40)58-61-56(45-20-10-4-11-21-45)60-57(62-58)46-22-12-5-13-23-46/h2-38H. The predicted molar refractivity (Wildman–Crippen MR) is 258 cm³/mol. The van der Waals surface area contributed by atoms with Crippen LogP contribution in [0.15, 0.2) is 224 Å². The van der Waals surface area contributed by atoms with Gasteiger partial charge < -0.3 is 4.57 Å². The quantitative estimate of drug-likeness (QED) is 0.144. The van der Waals surface area contributed by atoms with Gasteiger partial charge in [0.2, 0.25) is 0 Å². The van der Waals surface area contributed by atoms with Crippen LogP contribution in [0, 0.1) is 6.57 Å². The zero-order chi connectivity index (χ0) is 42.1. The molecule has 0 spiro atoms. The fourth-order valence-electron chi connectivity index (χ4n) is 8.60. The third-order valence-electron chi connectivity index (χ3n) is 11.7. The summed E-state index contributed by atoms with van der Waals surface area (Å²) in [7, 11) is 0. The third-order valence-corrected chi connectivity index (χ3v) is 11.7. The van der Waals surface area contributed by atoms with E-state index in [4.69, 9.17) is 21.5 Å². The lowest BCUT2D eigenvalue weighted by Crippen LogP contribution is -2.04. The summed E-state index contributed by atoms with van der Waals surface area (Å²) in [6.07, 6.45) is 0. The van der Waals surface area contributed by atoms with Crippen LogP contribution >= 0.6 is 0 Å². The maximum Gasteiger partial charge on any atom is 0.188 e. The zero-order valence-corrected chi connectivity index (χ0v) is 34.1. The number of nitrogens with zero attached hydrogens (tertiary/aromatic N) is 5. The third kappa shape index (κ3) is 7.02. The Morgan fingerprint density at radius 1 is 0.317 bits per heavy atom. The molecule has 0 aliphatic heterocycles. The van der Waals surface area contributed by atoms with Crippen molar-refractivity contribution >= 4 is 27.5 Å². The monoisotopic (exact) mass is 803 g/mol. The van der Waals surface area contributed by atoms with E-state index < -0.39 is 0 Å². The van der Waals surface area contributed by atoms with E-state index in [0.717, 1.165) is 88.7 Å². The summed E-state index contributed by atoms with van der Waals surface area (Å²) in [6.45, 7) is 7.90. The van der Waals surface area contributed by atoms with Gasteiger partial charge in [-0.15, -0.1) is 0 Å². The molecule has 63 heavy (non-hydrogen) atoms. The van der Waals surface area contributed by atoms with Crippen molar-refractivity contribution in [2.45, 2.75) is 0 Å². The number of hydrogen-bond acceptors (Lipinski definition) is 3. The van der Waals surface area contributed by atoms with Crippen molar-refractivity contribution in [3.63, 3.8) is 0 Å². The molecule has 0 saturated carbocycles. The average Bonchev–Trinajstić information content (AvgIpc) is 3.70. The van der Waals surface area contributed by atoms with E-state index in [0.29, 0.717) is 23.2 Å². The lowest BCUT2D eigenvalue weighted by Gasteiger charge is -2.21. The van der Waals surface area contributed by atoms with Gasteiger partial charge in [0.15, 0.2) is 23.2 Å². The SMILES string of the molecule is [C-]#[N+]c1ccc2c(c1)c1ccccc1n2-c1c(-c2ccc(-c3ccccc3)cc2)cc(-c2nc(-c3ccccc3)nc(-c3ccccc3)n2)cc1-c1ccc(-c2ccccc2)cc1. The Hall–Kier alpha value is -8.72. The molecule has 9 aromatic carbocycles. The topological polar surface area (TPSA) is 48.0 Å². The second-order valence-corrected chi connectivity index (χ2v) is 15.5. The second kappa shape index (κ2) is 16.0. The van der Waals surface area contributed by atoms with Gasteiger partial charge in [0.05, 0.1) is 23.3 Å². The van der Waals surface area contributed by atoms with Crippen LogP contribution in [0.4, 0.5) is 5.69 Å². The molecule has 0 aliphatic rings. The van der Waals surface area contributed by atoms with E-state index in [9.17, 15) is 0 Å². The second-order valence-electron chi connectivity index (χ2n) is 15.5. The van der Waals surface area contributed by atoms with Crippen molar-refractivity contribution < 1.29 is 0 Å². The minimum absolute atomic E-state index is 0.572. The molecule has 5 nitrogen and oxygen atoms in total. The summed E-state index contributed by atoms with van der Waals surface area (Å²) in [6, 6.07) is 77.8. The van der Waals surface area contributed by atoms with Gasteiger partial charge >= 0.3 is 0 Å². The molecule has 0 fully saturated rings. The molecule has 0 radical (unpaired) electrons. The molecular weight excluding hydrogens is 767 g/mol. The van der Waals surface area contributed by atoms with Gasteiger partial charge in [-0.25, -0.2) is 19.8 Å². The highest BCUT2D eigenvalue weighted by molar-refractivity contribution is 6.12. The van der Waals surface area contributed by atoms with Crippen molar-refractivity contribution in [3.8, 4) is 84.4 Å². The average molecular weight is 804 g/mol. The van der Waals surface area contributed by atoms with Crippen LogP contribution in [0.25, 0.3) is 111 Å². The predicted octanol–water partition coefficient (Wildman–Crippen LogP) is 15.2. The highest BCUT2D eigenvalue weighted by Crippen LogP contribution is 2.45. The van der Waals surface area contributed by atoms with Gasteiger partial charge in [-0.05, 0) is 69.1 Å². The first-order chi connectivity index (χ1) is 31.2. The molecule has 11 aromatic rings. The summed E-state index contributed by atoms with van der Waals surface area (Å²) in [5.74, 6) is 1.77. The molecule has 0 aliphatic carbocycles. The van der Waals surface area contributed by atoms with Crippen LogP contribution in [-0.4, -0.2) is 19.5 Å². The van der Waals surface area contributed by atoms with Crippen molar-refractivity contribution in [2.75, 3.05) is 0 Å². The summed E-state index contributed by atoms with van der Waals surface area (Å²) >= 11 is 0. The molecule has 0 unspecified atom stereocenters. The van der Waals surface area contributed by atoms with Crippen LogP contribution in [0.5, 0.6) is 0 Å². The van der Waals surface area contributed by atoms with Crippen molar-refractivity contribution in [1.82, 2.24) is 19.5 Å². The normalized spacial score (nSPS) is 11.2. The first-order valence-electron chi connectivity index (χ1n) is 21.0. The van der Waals surface area contributed by atoms with Gasteiger partial charge in [0, 0.05) is 33.2 Å². The molecule has 2 heterocycles. The maximum absolute atomic E-state index is 7.90. The minimum Gasteiger partial charge on any atom is -0.308 e. The van der Waals surface area contributed by atoms with Gasteiger partial charge in [-0.1, -0.05) is 194 Å². The van der Waals surface area contributed by atoms with Crippen LogP contribution in [0.1, 0.15) is 0 Å². The van der Waals surface area contributed by atoms with Gasteiger partial charge in [0.1, 0.15) is 0 Å². The Labute approximate surface area is 365 Å². The van der Waals surface area contributed by atoms with Crippen molar-refractivity contribution in [3.05, 3.63) is 236 Å². The maximum atomic E-state index is 7.90. The van der Waals surface area contributed by atoms with E-state index in [2.05, 4.69) is 149 Å². The highest BCUT2D eigenvalue weighted by Gasteiger charge is 2.23. The fourth-order valence-corrected chi connectivity index (χ4v) is 8.60. The Kier molecular flexibility index (Phi) is 9.50. The number of aromatic nitrogens is 4. The number of hydrogen-bond donors (Lipinski definition) is 0. The van der Waals surface area contributed by atoms with E-state index >= 15 is 0 Å². The molecular formula is C58H37N5. The van der Waals surface area contributed by atoms with Crippen LogP contribution in [0.2, 0.25) is 0 Å². The highest BCUT2D eigenvalue weighted by atomic mass is 15.0. The summed E-state index contributed by atoms with van der Waals surface area (Å²) in [5.41, 5.74) is 15.0. The lowest BCUT2D eigenvalue weighted by atomic mass is 9.91. The Morgan fingerprint density at radius 3 is 1.17 bits per heavy atom. The molecule has 0 amide bonds. The van der Waals surface area contributed by atoms with Crippen molar-refractivity contribution in [1.29, 1.82) is 0 Å². The summed E-state index contributed by atoms with van der Waals surface area (Å²) < 4.78 is 2.38. The Bertz CT molecular complexity index is 3300. The van der Waals surface area contributed by atoms with Crippen LogP contribution < -0.4 is 0 Å². The molecule has 0 N–H and O–H groups in total. The van der Waals surface area contributed by atoms with Crippen molar-refractivity contribution in [2.24, 2.45) is 0 Å². The minimum atomic E-state index is 0.572. The molecule has 294 valence electrons. The molecule has 0 atom stereocenters. The zero-order valence-electron chi connectivity index (χ0n) is 34.1. The van der Waals surface area contributed by atoms with Gasteiger partial charge in [0.25, 0.3) is 0 Å². The first kappa shape index (κ1) is 37.3. The van der Waals surface area contributed by atoms with Gasteiger partial charge in [-0.3, -0.25) is 0 Å². The largest absolute Gasteiger partial charge is 0.308 e. The molecule has 2 aromatic heterocycles. The Morgan fingerprint density at radius 2 is 0.698 bits per heavy atom. The fraction of sp³-hybridized carbons (Fsp3) is 0. The van der Waals surface area contributed by atoms with E-state index in [-0.39, 0.29) is 0 Å². The molecule has 0 saturated heterocycles. The van der Waals surface area contributed by atoms with Crippen LogP contribution in [0.3, 0.4) is 0 Å². The summed E-state index contributed by atoms with van der Waals surface area (Å²) in [5, 5.41) is 2.10. The number of fused-ring (bicyclic) bond motifs is 3. The molecule has 0 bridgehead atoms. The van der Waals surface area contributed by atoms with E-state index in [1.807, 2.05) is 84.9 Å². The number of benzene rings is 9. The van der Waals surface area contributed by atoms with Gasteiger partial charge in [-0.2, -0.15) is 0 Å². The first-order valence-corrected chi connectivity index (χ1v) is 21.0. The Balaban J connectivity index is 1.24. The van der Waals surface area contributed by atoms with E-state index in [1.165, 1.54) is 0 Å². The lowest BCUT2D eigenvalue weighted by molar-refractivity contribution is 1.07. The molecule has 5 heteroatoms. The smallest absolute Gasteiger partial charge is 0.188 e. The van der Waals surface area contributed by atoms with E-state index in [1.54, 1.807) is 0 Å².